The summed E-state index contributed by atoms with van der Waals surface area (Å²) in [5, 5.41) is 4.79. The molecule has 0 fully saturated rings. The molecular formula is C17H18N2S2. The monoisotopic (exact) mass is 314 g/mol. The SMILES string of the molecule is Cc1ccc(C2=C(C(C)C)SC3=NCCN32)c2ccsc12. The van der Waals surface area contributed by atoms with E-state index in [9.17, 15) is 0 Å². The molecule has 0 unspecified atom stereocenters. The fourth-order valence-corrected chi connectivity index (χ4v) is 5.17. The second-order valence-corrected chi connectivity index (χ2v) is 7.80. The molecule has 0 aliphatic carbocycles. The molecule has 0 atom stereocenters. The average molecular weight is 314 g/mol. The van der Waals surface area contributed by atoms with Gasteiger partial charge in [-0.25, -0.2) is 0 Å². The van der Waals surface area contributed by atoms with Gasteiger partial charge in [-0.2, -0.15) is 0 Å². The number of rotatable bonds is 2. The minimum absolute atomic E-state index is 0.535. The number of hydrogen-bond donors (Lipinski definition) is 0. The average Bonchev–Trinajstić information content (AvgIpc) is 3.13. The molecule has 2 nitrogen and oxygen atoms in total. The molecule has 0 spiro atoms. The van der Waals surface area contributed by atoms with Gasteiger partial charge < -0.3 is 4.90 Å². The topological polar surface area (TPSA) is 15.6 Å². The summed E-state index contributed by atoms with van der Waals surface area (Å²) < 4.78 is 1.41. The summed E-state index contributed by atoms with van der Waals surface area (Å²) in [4.78, 5) is 8.54. The van der Waals surface area contributed by atoms with E-state index in [0.29, 0.717) is 5.92 Å². The van der Waals surface area contributed by atoms with Gasteiger partial charge in [0.15, 0.2) is 5.17 Å². The first-order chi connectivity index (χ1) is 10.2. The molecule has 4 heteroatoms. The number of thiophene rings is 1. The van der Waals surface area contributed by atoms with E-state index in [0.717, 1.165) is 13.1 Å². The third-order valence-corrected chi connectivity index (χ3v) is 6.57. The third kappa shape index (κ3) is 1.96. The molecule has 2 aliphatic heterocycles. The van der Waals surface area contributed by atoms with Gasteiger partial charge in [-0.1, -0.05) is 37.7 Å². The molecule has 4 rings (SSSR count). The quantitative estimate of drug-likeness (QED) is 0.779. The van der Waals surface area contributed by atoms with E-state index in [1.807, 2.05) is 23.1 Å². The number of benzene rings is 1. The Kier molecular flexibility index (Phi) is 3.12. The number of hydrogen-bond acceptors (Lipinski definition) is 4. The summed E-state index contributed by atoms with van der Waals surface area (Å²) in [6.07, 6.45) is 0. The molecule has 0 saturated carbocycles. The van der Waals surface area contributed by atoms with Crippen LogP contribution in [0.4, 0.5) is 0 Å². The van der Waals surface area contributed by atoms with Crippen molar-refractivity contribution < 1.29 is 0 Å². The Morgan fingerprint density at radius 1 is 1.24 bits per heavy atom. The van der Waals surface area contributed by atoms with Crippen LogP contribution in [0.3, 0.4) is 0 Å². The van der Waals surface area contributed by atoms with Crippen molar-refractivity contribution in [2.24, 2.45) is 10.9 Å². The van der Waals surface area contributed by atoms with Gasteiger partial charge in [0.25, 0.3) is 0 Å². The lowest BCUT2D eigenvalue weighted by Crippen LogP contribution is -2.20. The highest BCUT2D eigenvalue weighted by Crippen LogP contribution is 2.47. The van der Waals surface area contributed by atoms with E-state index < -0.39 is 0 Å². The predicted molar refractivity (Wildman–Crippen MR) is 94.9 cm³/mol. The highest BCUT2D eigenvalue weighted by atomic mass is 32.2. The van der Waals surface area contributed by atoms with Crippen LogP contribution in [0.5, 0.6) is 0 Å². The largest absolute Gasteiger partial charge is 0.318 e. The van der Waals surface area contributed by atoms with Crippen molar-refractivity contribution in [3.63, 3.8) is 0 Å². The van der Waals surface area contributed by atoms with Gasteiger partial charge in [0.2, 0.25) is 0 Å². The van der Waals surface area contributed by atoms with Crippen LogP contribution in [-0.2, 0) is 0 Å². The lowest BCUT2D eigenvalue weighted by molar-refractivity contribution is 0.641. The van der Waals surface area contributed by atoms with E-state index in [4.69, 9.17) is 0 Å². The Labute approximate surface area is 133 Å². The van der Waals surface area contributed by atoms with E-state index in [-0.39, 0.29) is 0 Å². The highest BCUT2D eigenvalue weighted by molar-refractivity contribution is 8.17. The fourth-order valence-electron chi connectivity index (χ4n) is 3.08. The molecule has 0 radical (unpaired) electrons. The van der Waals surface area contributed by atoms with Crippen LogP contribution in [0.2, 0.25) is 0 Å². The zero-order chi connectivity index (χ0) is 14.6. The minimum atomic E-state index is 0.535. The van der Waals surface area contributed by atoms with Crippen molar-refractivity contribution >= 4 is 44.0 Å². The van der Waals surface area contributed by atoms with Crippen molar-refractivity contribution in [3.05, 3.63) is 39.6 Å². The van der Waals surface area contributed by atoms with E-state index in [2.05, 4.69) is 54.2 Å². The number of allylic oxidation sites excluding steroid dienone is 1. The molecule has 108 valence electrons. The summed E-state index contributed by atoms with van der Waals surface area (Å²) in [6.45, 7) is 8.71. The Bertz CT molecular complexity index is 783. The van der Waals surface area contributed by atoms with Gasteiger partial charge in [-0.3, -0.25) is 4.99 Å². The number of fused-ring (bicyclic) bond motifs is 2. The number of amidine groups is 1. The van der Waals surface area contributed by atoms with Crippen molar-refractivity contribution in [1.82, 2.24) is 4.90 Å². The molecule has 2 aliphatic rings. The second-order valence-electron chi connectivity index (χ2n) is 5.88. The zero-order valence-electron chi connectivity index (χ0n) is 12.5. The first-order valence-corrected chi connectivity index (χ1v) is 9.07. The molecule has 0 bridgehead atoms. The van der Waals surface area contributed by atoms with E-state index in [1.54, 1.807) is 0 Å². The maximum absolute atomic E-state index is 4.66. The van der Waals surface area contributed by atoms with E-state index in [1.165, 1.54) is 37.0 Å². The molecular weight excluding hydrogens is 296 g/mol. The lowest BCUT2D eigenvalue weighted by Gasteiger charge is -2.19. The van der Waals surface area contributed by atoms with Crippen LogP contribution in [0, 0.1) is 12.8 Å². The normalized spacial score (nSPS) is 18.1. The molecule has 0 amide bonds. The van der Waals surface area contributed by atoms with Crippen LogP contribution in [0.1, 0.15) is 25.0 Å². The van der Waals surface area contributed by atoms with Gasteiger partial charge in [0, 0.05) is 27.1 Å². The first-order valence-electron chi connectivity index (χ1n) is 7.38. The predicted octanol–water partition coefficient (Wildman–Crippen LogP) is 4.95. The maximum Gasteiger partial charge on any atom is 0.168 e. The molecule has 21 heavy (non-hydrogen) atoms. The molecule has 0 N–H and O–H groups in total. The van der Waals surface area contributed by atoms with Crippen molar-refractivity contribution in [3.8, 4) is 0 Å². The van der Waals surface area contributed by atoms with Crippen LogP contribution in [-0.4, -0.2) is 23.2 Å². The number of nitrogens with zero attached hydrogens (tertiary/aromatic N) is 2. The Morgan fingerprint density at radius 3 is 2.90 bits per heavy atom. The van der Waals surface area contributed by atoms with Gasteiger partial charge in [0.05, 0.1) is 12.2 Å². The lowest BCUT2D eigenvalue weighted by atomic mass is 10.0. The van der Waals surface area contributed by atoms with Gasteiger partial charge in [-0.05, 0) is 29.9 Å². The number of thioether (sulfide) groups is 1. The summed E-state index contributed by atoms with van der Waals surface area (Å²) in [6, 6.07) is 6.82. The zero-order valence-corrected chi connectivity index (χ0v) is 14.1. The van der Waals surface area contributed by atoms with Crippen LogP contribution in [0.15, 0.2) is 33.5 Å². The smallest absolute Gasteiger partial charge is 0.168 e. The summed E-state index contributed by atoms with van der Waals surface area (Å²) in [5.41, 5.74) is 4.14. The molecule has 3 heterocycles. The Hall–Kier alpha value is -1.26. The second kappa shape index (κ2) is 4.89. The Balaban J connectivity index is 1.97. The minimum Gasteiger partial charge on any atom is -0.318 e. The number of aliphatic imine (C=N–C) groups is 1. The molecule has 0 saturated heterocycles. The number of aryl methyl sites for hydroxylation is 1. The first kappa shape index (κ1) is 13.4. The van der Waals surface area contributed by atoms with Crippen LogP contribution >= 0.6 is 23.1 Å². The maximum atomic E-state index is 4.66. The van der Waals surface area contributed by atoms with Gasteiger partial charge in [0.1, 0.15) is 0 Å². The highest BCUT2D eigenvalue weighted by Gasteiger charge is 2.34. The Morgan fingerprint density at radius 2 is 2.10 bits per heavy atom. The summed E-state index contributed by atoms with van der Waals surface area (Å²) >= 11 is 3.71. The third-order valence-electron chi connectivity index (χ3n) is 4.10. The molecule has 2 aromatic rings. The van der Waals surface area contributed by atoms with Crippen molar-refractivity contribution in [2.75, 3.05) is 13.1 Å². The van der Waals surface area contributed by atoms with Gasteiger partial charge in [-0.15, -0.1) is 11.3 Å². The van der Waals surface area contributed by atoms with Gasteiger partial charge >= 0.3 is 0 Å². The summed E-state index contributed by atoms with van der Waals surface area (Å²) in [7, 11) is 0. The fraction of sp³-hybridized carbons (Fsp3) is 0.353. The van der Waals surface area contributed by atoms with E-state index >= 15 is 0 Å². The van der Waals surface area contributed by atoms with Crippen LogP contribution < -0.4 is 0 Å². The molecule has 1 aromatic heterocycles. The van der Waals surface area contributed by atoms with Crippen LogP contribution in [0.25, 0.3) is 15.8 Å². The molecule has 1 aromatic carbocycles. The van der Waals surface area contributed by atoms with Crippen molar-refractivity contribution in [1.29, 1.82) is 0 Å². The standard InChI is InChI=1S/C17H18N2S2/c1-10(2)15-14(19-8-7-18-17(19)21-15)12-5-4-11(3)16-13(12)6-9-20-16/h4-6,9-10H,7-8H2,1-3H3. The van der Waals surface area contributed by atoms with Crippen molar-refractivity contribution in [2.45, 2.75) is 20.8 Å². The summed E-state index contributed by atoms with van der Waals surface area (Å²) in [5.74, 6) is 0.535.